The van der Waals surface area contributed by atoms with Crippen molar-refractivity contribution in [3.63, 3.8) is 0 Å². The van der Waals surface area contributed by atoms with Crippen LogP contribution in [0.2, 0.25) is 0 Å². The van der Waals surface area contributed by atoms with Crippen molar-refractivity contribution >= 4 is 5.78 Å². The van der Waals surface area contributed by atoms with Crippen LogP contribution in [0.15, 0.2) is 18.2 Å². The maximum atomic E-state index is 12.2. The van der Waals surface area contributed by atoms with Crippen LogP contribution in [0.3, 0.4) is 0 Å². The lowest BCUT2D eigenvalue weighted by Crippen LogP contribution is -2.62. The van der Waals surface area contributed by atoms with Crippen LogP contribution in [0.4, 0.5) is 0 Å². The quantitative estimate of drug-likeness (QED) is 0.911. The molecule has 3 atom stereocenters. The summed E-state index contributed by atoms with van der Waals surface area (Å²) >= 11 is 0. The number of rotatable bonds is 2. The van der Waals surface area contributed by atoms with Gasteiger partial charge >= 0.3 is 0 Å². The highest BCUT2D eigenvalue weighted by molar-refractivity contribution is 5.80. The van der Waals surface area contributed by atoms with Gasteiger partial charge in [-0.15, -0.1) is 0 Å². The van der Waals surface area contributed by atoms with Crippen molar-refractivity contribution in [2.45, 2.75) is 57.4 Å². The number of nitrogens with zero attached hydrogens (tertiary/aromatic N) is 1. The molecular formula is C20H27NO2. The zero-order chi connectivity index (χ0) is 16.2. The van der Waals surface area contributed by atoms with Crippen molar-refractivity contribution in [1.29, 1.82) is 0 Å². The molecule has 2 bridgehead atoms. The first-order valence-electron chi connectivity index (χ1n) is 9.08. The van der Waals surface area contributed by atoms with Crippen LogP contribution in [0.5, 0.6) is 5.75 Å². The minimum atomic E-state index is 0.123. The molecule has 1 saturated carbocycles. The summed E-state index contributed by atoms with van der Waals surface area (Å²) in [6.07, 6.45) is 4.57. The number of likely N-dealkylation sites (tertiary alicyclic amines) is 1. The molecule has 4 rings (SSSR count). The summed E-state index contributed by atoms with van der Waals surface area (Å²) in [5.41, 5.74) is 2.86. The Bertz CT molecular complexity index is 639. The molecule has 0 unspecified atom stereocenters. The Kier molecular flexibility index (Phi) is 3.53. The van der Waals surface area contributed by atoms with E-state index in [1.165, 1.54) is 11.1 Å². The van der Waals surface area contributed by atoms with Gasteiger partial charge in [-0.2, -0.15) is 0 Å². The van der Waals surface area contributed by atoms with E-state index in [0.29, 0.717) is 35.8 Å². The largest absolute Gasteiger partial charge is 0.508 e. The van der Waals surface area contributed by atoms with Crippen molar-refractivity contribution in [1.82, 2.24) is 4.90 Å². The van der Waals surface area contributed by atoms with Gasteiger partial charge in [0.05, 0.1) is 0 Å². The van der Waals surface area contributed by atoms with E-state index in [1.807, 2.05) is 12.1 Å². The predicted octanol–water partition coefficient (Wildman–Crippen LogP) is 3.29. The van der Waals surface area contributed by atoms with E-state index >= 15 is 0 Å². The fraction of sp³-hybridized carbons (Fsp3) is 0.650. The Morgan fingerprint density at radius 1 is 1.30 bits per heavy atom. The molecule has 2 fully saturated rings. The summed E-state index contributed by atoms with van der Waals surface area (Å²) in [4.78, 5) is 14.8. The molecule has 1 aromatic carbocycles. The zero-order valence-electron chi connectivity index (χ0n) is 14.2. The van der Waals surface area contributed by atoms with Crippen LogP contribution < -0.4 is 0 Å². The van der Waals surface area contributed by atoms with Crippen molar-refractivity contribution in [3.8, 4) is 5.75 Å². The van der Waals surface area contributed by atoms with Crippen LogP contribution >= 0.6 is 0 Å². The molecular weight excluding hydrogens is 286 g/mol. The molecule has 2 aliphatic carbocycles. The summed E-state index contributed by atoms with van der Waals surface area (Å²) in [5.74, 6) is 1.90. The van der Waals surface area contributed by atoms with Crippen molar-refractivity contribution < 1.29 is 9.90 Å². The third-order valence-corrected chi connectivity index (χ3v) is 6.44. The summed E-state index contributed by atoms with van der Waals surface area (Å²) < 4.78 is 0. The summed E-state index contributed by atoms with van der Waals surface area (Å²) in [5, 5.41) is 10.0. The van der Waals surface area contributed by atoms with E-state index in [1.54, 1.807) is 0 Å². The topological polar surface area (TPSA) is 40.5 Å². The molecule has 3 nitrogen and oxygen atoms in total. The maximum Gasteiger partial charge on any atom is 0.133 e. The van der Waals surface area contributed by atoms with Gasteiger partial charge in [-0.1, -0.05) is 19.9 Å². The Morgan fingerprint density at radius 2 is 2.13 bits per heavy atom. The van der Waals surface area contributed by atoms with Gasteiger partial charge in [0.1, 0.15) is 11.5 Å². The highest BCUT2D eigenvalue weighted by atomic mass is 16.3. The average molecular weight is 313 g/mol. The molecule has 0 spiro atoms. The Labute approximate surface area is 138 Å². The van der Waals surface area contributed by atoms with Gasteiger partial charge in [0, 0.05) is 30.8 Å². The van der Waals surface area contributed by atoms with E-state index in [9.17, 15) is 9.90 Å². The molecule has 1 saturated heterocycles. The Morgan fingerprint density at radius 3 is 2.91 bits per heavy atom. The minimum Gasteiger partial charge on any atom is -0.508 e. The van der Waals surface area contributed by atoms with Crippen LogP contribution in [-0.2, 0) is 16.6 Å². The highest BCUT2D eigenvalue weighted by Crippen LogP contribution is 2.55. The van der Waals surface area contributed by atoms with Gasteiger partial charge < -0.3 is 5.11 Å². The van der Waals surface area contributed by atoms with Crippen LogP contribution in [0.25, 0.3) is 0 Å². The lowest BCUT2D eigenvalue weighted by atomic mass is 9.52. The van der Waals surface area contributed by atoms with Gasteiger partial charge in [0.25, 0.3) is 0 Å². The number of ketones is 1. The van der Waals surface area contributed by atoms with Gasteiger partial charge in [0.15, 0.2) is 0 Å². The fourth-order valence-electron chi connectivity index (χ4n) is 5.54. The monoisotopic (exact) mass is 313 g/mol. The van der Waals surface area contributed by atoms with Crippen LogP contribution in [0.1, 0.15) is 50.7 Å². The number of fused-ring (bicyclic) bond motifs is 1. The zero-order valence-corrected chi connectivity index (χ0v) is 14.2. The predicted molar refractivity (Wildman–Crippen MR) is 90.7 cm³/mol. The molecule has 1 aromatic rings. The SMILES string of the molecule is CC(C)CN1CC[C@]23CCC(=O)C[C@H]2[C@H]1Cc1ccc(O)cc13. The number of hydrogen-bond donors (Lipinski definition) is 1. The third-order valence-electron chi connectivity index (χ3n) is 6.44. The summed E-state index contributed by atoms with van der Waals surface area (Å²) in [7, 11) is 0. The number of hydrogen-bond acceptors (Lipinski definition) is 3. The Hall–Kier alpha value is -1.35. The molecule has 0 aromatic heterocycles. The van der Waals surface area contributed by atoms with Gasteiger partial charge in [0.2, 0.25) is 0 Å². The molecule has 23 heavy (non-hydrogen) atoms. The normalized spacial score (nSPS) is 33.4. The maximum absolute atomic E-state index is 12.2. The number of piperidine rings is 1. The molecule has 3 heteroatoms. The van der Waals surface area contributed by atoms with Gasteiger partial charge in [-0.3, -0.25) is 9.69 Å². The first-order valence-corrected chi connectivity index (χ1v) is 9.08. The minimum absolute atomic E-state index is 0.123. The first kappa shape index (κ1) is 15.2. The van der Waals surface area contributed by atoms with E-state index in [0.717, 1.165) is 38.8 Å². The third kappa shape index (κ3) is 2.32. The molecule has 1 aliphatic heterocycles. The van der Waals surface area contributed by atoms with Crippen molar-refractivity contribution in [2.75, 3.05) is 13.1 Å². The second-order valence-corrected chi connectivity index (χ2v) is 8.26. The molecule has 1 N–H and O–H groups in total. The highest BCUT2D eigenvalue weighted by Gasteiger charge is 2.55. The van der Waals surface area contributed by atoms with Gasteiger partial charge in [-0.25, -0.2) is 0 Å². The number of aromatic hydroxyl groups is 1. The summed E-state index contributed by atoms with van der Waals surface area (Å²) in [6, 6.07) is 6.43. The lowest BCUT2D eigenvalue weighted by molar-refractivity contribution is -0.127. The van der Waals surface area contributed by atoms with Gasteiger partial charge in [-0.05, 0) is 60.9 Å². The average Bonchev–Trinajstić information content (AvgIpc) is 2.50. The molecule has 124 valence electrons. The fourth-order valence-corrected chi connectivity index (χ4v) is 5.54. The molecule has 0 amide bonds. The van der Waals surface area contributed by atoms with Crippen LogP contribution in [-0.4, -0.2) is 34.9 Å². The van der Waals surface area contributed by atoms with E-state index in [4.69, 9.17) is 0 Å². The first-order chi connectivity index (χ1) is 11.0. The van der Waals surface area contributed by atoms with Crippen LogP contribution in [0, 0.1) is 11.8 Å². The summed E-state index contributed by atoms with van der Waals surface area (Å²) in [6.45, 7) is 6.81. The molecule has 1 heterocycles. The molecule has 0 radical (unpaired) electrons. The number of carbonyl (C=O) groups is 1. The Balaban J connectivity index is 1.80. The second-order valence-electron chi connectivity index (χ2n) is 8.26. The molecule has 3 aliphatic rings. The van der Waals surface area contributed by atoms with Crippen molar-refractivity contribution in [2.24, 2.45) is 11.8 Å². The lowest BCUT2D eigenvalue weighted by Gasteiger charge is -2.59. The smallest absolute Gasteiger partial charge is 0.133 e. The van der Waals surface area contributed by atoms with E-state index in [2.05, 4.69) is 24.8 Å². The number of carbonyl (C=O) groups excluding carboxylic acids is 1. The number of phenolic OH excluding ortho intramolecular Hbond substituents is 1. The number of phenols is 1. The second kappa shape index (κ2) is 5.34. The van der Waals surface area contributed by atoms with E-state index in [-0.39, 0.29) is 5.41 Å². The van der Waals surface area contributed by atoms with E-state index < -0.39 is 0 Å². The standard InChI is InChI=1S/C20H27NO2/c1-13(2)12-21-8-7-20-6-5-16(23)11-18(20)19(21)9-14-3-4-15(22)10-17(14)20/h3-4,10,13,18-19,22H,5-9,11-12H2,1-2H3/t18-,19+,20-/m0/s1. The number of benzene rings is 1. The number of Topliss-reactive ketones (excluding diaryl/α,β-unsaturated/α-hetero) is 1. The van der Waals surface area contributed by atoms with Crippen molar-refractivity contribution in [3.05, 3.63) is 29.3 Å².